The second kappa shape index (κ2) is 6.73. The molecule has 104 valence electrons. The molecule has 0 radical (unpaired) electrons. The number of rotatable bonds is 5. The summed E-state index contributed by atoms with van der Waals surface area (Å²) in [7, 11) is 2.17. The molecular formula is C13H24ClN3O. The molecule has 2 aliphatic rings. The van der Waals surface area contributed by atoms with Crippen LogP contribution in [0, 0.1) is 5.92 Å². The van der Waals surface area contributed by atoms with Gasteiger partial charge in [0.2, 0.25) is 5.91 Å². The standard InChI is InChI=1S/C13H24ClN3O/c1-15-5-7-16(8-6-15)3-2-4-17-11-12(10-14)9-13(17)18/h12H,2-11H2,1H3. The highest BCUT2D eigenvalue weighted by Gasteiger charge is 2.28. The van der Waals surface area contributed by atoms with Crippen LogP contribution < -0.4 is 0 Å². The number of carbonyl (C=O) groups is 1. The van der Waals surface area contributed by atoms with Gasteiger partial charge in [0, 0.05) is 51.6 Å². The van der Waals surface area contributed by atoms with Gasteiger partial charge in [0.1, 0.15) is 0 Å². The largest absolute Gasteiger partial charge is 0.342 e. The van der Waals surface area contributed by atoms with Crippen molar-refractivity contribution in [2.24, 2.45) is 5.92 Å². The first-order chi connectivity index (χ1) is 8.69. The molecule has 18 heavy (non-hydrogen) atoms. The lowest BCUT2D eigenvalue weighted by Crippen LogP contribution is -2.45. The number of likely N-dealkylation sites (tertiary alicyclic amines) is 1. The van der Waals surface area contributed by atoms with Gasteiger partial charge in [-0.1, -0.05) is 0 Å². The number of piperazine rings is 1. The zero-order valence-electron chi connectivity index (χ0n) is 11.3. The van der Waals surface area contributed by atoms with Crippen LogP contribution in [0.2, 0.25) is 0 Å². The minimum absolute atomic E-state index is 0.291. The third-order valence-electron chi connectivity index (χ3n) is 4.01. The van der Waals surface area contributed by atoms with Gasteiger partial charge in [-0.25, -0.2) is 0 Å². The predicted molar refractivity (Wildman–Crippen MR) is 74.0 cm³/mol. The van der Waals surface area contributed by atoms with Crippen LogP contribution in [-0.4, -0.2) is 79.3 Å². The topological polar surface area (TPSA) is 26.8 Å². The summed E-state index contributed by atoms with van der Waals surface area (Å²) in [6, 6.07) is 0. The van der Waals surface area contributed by atoms with Gasteiger partial charge in [0.05, 0.1) is 0 Å². The number of amides is 1. The molecular weight excluding hydrogens is 250 g/mol. The summed E-state index contributed by atoms with van der Waals surface area (Å²) in [5.74, 6) is 1.28. The Hall–Kier alpha value is -0.320. The normalized spacial score (nSPS) is 27.1. The highest BCUT2D eigenvalue weighted by atomic mass is 35.5. The van der Waals surface area contributed by atoms with E-state index in [1.165, 1.54) is 0 Å². The molecule has 2 rings (SSSR count). The van der Waals surface area contributed by atoms with Crippen molar-refractivity contribution in [3.8, 4) is 0 Å². The Morgan fingerprint density at radius 1 is 1.22 bits per heavy atom. The monoisotopic (exact) mass is 273 g/mol. The minimum atomic E-state index is 0.291. The fourth-order valence-electron chi connectivity index (χ4n) is 2.73. The average molecular weight is 274 g/mol. The van der Waals surface area contributed by atoms with E-state index < -0.39 is 0 Å². The maximum absolute atomic E-state index is 11.7. The number of carbonyl (C=O) groups excluding carboxylic acids is 1. The zero-order valence-corrected chi connectivity index (χ0v) is 12.0. The van der Waals surface area contributed by atoms with Crippen LogP contribution in [0.25, 0.3) is 0 Å². The van der Waals surface area contributed by atoms with E-state index in [0.717, 1.165) is 52.2 Å². The number of nitrogens with zero attached hydrogens (tertiary/aromatic N) is 3. The number of alkyl halides is 1. The van der Waals surface area contributed by atoms with Gasteiger partial charge in [0.25, 0.3) is 0 Å². The molecule has 2 saturated heterocycles. The Kier molecular flexibility index (Phi) is 5.27. The lowest BCUT2D eigenvalue weighted by atomic mass is 10.1. The first-order valence-corrected chi connectivity index (χ1v) is 7.47. The molecule has 0 aromatic carbocycles. The minimum Gasteiger partial charge on any atom is -0.342 e. The highest BCUT2D eigenvalue weighted by molar-refractivity contribution is 6.18. The van der Waals surface area contributed by atoms with Crippen LogP contribution in [0.15, 0.2) is 0 Å². The van der Waals surface area contributed by atoms with Gasteiger partial charge in [0.15, 0.2) is 0 Å². The van der Waals surface area contributed by atoms with Gasteiger partial charge in [-0.2, -0.15) is 0 Å². The summed E-state index contributed by atoms with van der Waals surface area (Å²) in [6.45, 7) is 7.53. The highest BCUT2D eigenvalue weighted by Crippen LogP contribution is 2.19. The van der Waals surface area contributed by atoms with Crippen molar-refractivity contribution in [1.29, 1.82) is 0 Å². The van der Waals surface area contributed by atoms with E-state index >= 15 is 0 Å². The molecule has 0 N–H and O–H groups in total. The van der Waals surface area contributed by atoms with E-state index in [1.807, 2.05) is 4.90 Å². The van der Waals surface area contributed by atoms with Crippen LogP contribution in [-0.2, 0) is 4.79 Å². The molecule has 0 spiro atoms. The summed E-state index contributed by atoms with van der Waals surface area (Å²) in [6.07, 6.45) is 1.74. The molecule has 0 aromatic heterocycles. The third kappa shape index (κ3) is 3.84. The first-order valence-electron chi connectivity index (χ1n) is 6.93. The summed E-state index contributed by atoms with van der Waals surface area (Å²) in [5.41, 5.74) is 0. The lowest BCUT2D eigenvalue weighted by Gasteiger charge is -2.32. The third-order valence-corrected chi connectivity index (χ3v) is 4.45. The van der Waals surface area contributed by atoms with Crippen LogP contribution in [0.3, 0.4) is 0 Å². The van der Waals surface area contributed by atoms with Crippen molar-refractivity contribution in [2.75, 3.05) is 58.7 Å². The Balaban J connectivity index is 1.62. The molecule has 0 aliphatic carbocycles. The van der Waals surface area contributed by atoms with Gasteiger partial charge in [-0.15, -0.1) is 11.6 Å². The zero-order chi connectivity index (χ0) is 13.0. The molecule has 0 saturated carbocycles. The fourth-order valence-corrected chi connectivity index (χ4v) is 2.94. The molecule has 1 amide bonds. The van der Waals surface area contributed by atoms with Crippen LogP contribution in [0.5, 0.6) is 0 Å². The predicted octanol–water partition coefficient (Wildman–Crippen LogP) is 0.711. The fraction of sp³-hybridized carbons (Fsp3) is 0.923. The van der Waals surface area contributed by atoms with Crippen LogP contribution in [0.4, 0.5) is 0 Å². The molecule has 4 nitrogen and oxygen atoms in total. The molecule has 0 aromatic rings. The first kappa shape index (κ1) is 14.1. The number of hydrogen-bond acceptors (Lipinski definition) is 3. The maximum Gasteiger partial charge on any atom is 0.222 e. The Morgan fingerprint density at radius 3 is 2.56 bits per heavy atom. The smallest absolute Gasteiger partial charge is 0.222 e. The number of likely N-dealkylation sites (N-methyl/N-ethyl adjacent to an activating group) is 1. The van der Waals surface area contributed by atoms with E-state index in [0.29, 0.717) is 24.1 Å². The molecule has 2 fully saturated rings. The maximum atomic E-state index is 11.7. The van der Waals surface area contributed by atoms with Crippen molar-refractivity contribution in [3.05, 3.63) is 0 Å². The summed E-state index contributed by atoms with van der Waals surface area (Å²) in [5, 5.41) is 0. The Morgan fingerprint density at radius 2 is 1.94 bits per heavy atom. The summed E-state index contributed by atoms with van der Waals surface area (Å²) >= 11 is 5.82. The number of hydrogen-bond donors (Lipinski definition) is 0. The average Bonchev–Trinajstić information content (AvgIpc) is 2.73. The van der Waals surface area contributed by atoms with Crippen molar-refractivity contribution in [2.45, 2.75) is 12.8 Å². The second-order valence-electron chi connectivity index (χ2n) is 5.56. The second-order valence-corrected chi connectivity index (χ2v) is 5.87. The summed E-state index contributed by atoms with van der Waals surface area (Å²) < 4.78 is 0. The van der Waals surface area contributed by atoms with E-state index in [2.05, 4.69) is 16.8 Å². The Labute approximate surface area is 115 Å². The number of halogens is 1. The molecule has 2 heterocycles. The van der Waals surface area contributed by atoms with Crippen molar-refractivity contribution in [3.63, 3.8) is 0 Å². The van der Waals surface area contributed by atoms with Gasteiger partial charge in [-0.05, 0) is 25.9 Å². The van der Waals surface area contributed by atoms with E-state index in [-0.39, 0.29) is 0 Å². The summed E-state index contributed by atoms with van der Waals surface area (Å²) in [4.78, 5) is 18.6. The molecule has 1 unspecified atom stereocenters. The van der Waals surface area contributed by atoms with E-state index in [1.54, 1.807) is 0 Å². The Bertz CT molecular complexity index is 279. The van der Waals surface area contributed by atoms with Crippen LogP contribution >= 0.6 is 11.6 Å². The van der Waals surface area contributed by atoms with E-state index in [4.69, 9.17) is 11.6 Å². The van der Waals surface area contributed by atoms with Crippen molar-refractivity contribution < 1.29 is 4.79 Å². The lowest BCUT2D eigenvalue weighted by molar-refractivity contribution is -0.127. The van der Waals surface area contributed by atoms with Gasteiger partial charge < -0.3 is 14.7 Å². The molecule has 5 heteroatoms. The SMILES string of the molecule is CN1CCN(CCCN2CC(CCl)CC2=O)CC1. The van der Waals surface area contributed by atoms with Gasteiger partial charge >= 0.3 is 0 Å². The molecule has 1 atom stereocenters. The quantitative estimate of drug-likeness (QED) is 0.691. The van der Waals surface area contributed by atoms with E-state index in [9.17, 15) is 4.79 Å². The van der Waals surface area contributed by atoms with Crippen molar-refractivity contribution >= 4 is 17.5 Å². The van der Waals surface area contributed by atoms with Crippen LogP contribution in [0.1, 0.15) is 12.8 Å². The van der Waals surface area contributed by atoms with Crippen molar-refractivity contribution in [1.82, 2.24) is 14.7 Å². The van der Waals surface area contributed by atoms with Gasteiger partial charge in [-0.3, -0.25) is 4.79 Å². The molecule has 0 bridgehead atoms. The molecule has 2 aliphatic heterocycles.